The van der Waals surface area contributed by atoms with Crippen molar-refractivity contribution >= 4 is 44.2 Å². The number of fused-ring (bicyclic) bond motifs is 2. The van der Waals surface area contributed by atoms with E-state index < -0.39 is 22.0 Å². The molecule has 0 saturated carbocycles. The monoisotopic (exact) mass is 491 g/mol. The lowest BCUT2D eigenvalue weighted by Crippen LogP contribution is -2.42. The Labute approximate surface area is 200 Å². The number of carbonyl (C=O) groups excluding carboxylic acids is 2. The first kappa shape index (κ1) is 21.2. The highest BCUT2D eigenvalue weighted by atomic mass is 35.5. The number of benzene rings is 3. The highest BCUT2D eigenvalue weighted by Crippen LogP contribution is 2.39. The molecule has 34 heavy (non-hydrogen) atoms. The Kier molecular flexibility index (Phi) is 4.74. The van der Waals surface area contributed by atoms with Crippen molar-refractivity contribution < 1.29 is 18.0 Å². The van der Waals surface area contributed by atoms with E-state index in [2.05, 4.69) is 5.10 Å². The van der Waals surface area contributed by atoms with E-state index >= 15 is 0 Å². The second-order valence-corrected chi connectivity index (χ2v) is 10.7. The van der Waals surface area contributed by atoms with Crippen molar-refractivity contribution in [1.29, 1.82) is 0 Å². The normalized spacial score (nSPS) is 17.8. The molecule has 1 saturated heterocycles. The molecule has 0 bridgehead atoms. The third-order valence-corrected chi connectivity index (χ3v) is 8.67. The van der Waals surface area contributed by atoms with Crippen molar-refractivity contribution in [2.45, 2.75) is 23.8 Å². The minimum absolute atomic E-state index is 0.0855. The van der Waals surface area contributed by atoms with Gasteiger partial charge in [-0.2, -0.15) is 14.1 Å². The van der Waals surface area contributed by atoms with Gasteiger partial charge in [0.2, 0.25) is 10.0 Å². The SMILES string of the molecule is O=C1c2ccccc2-c2nn(C(=O)C3CCCN3S(=O)(=O)c3ccc(Cl)cc3)c3cccc1c23. The van der Waals surface area contributed by atoms with Crippen molar-refractivity contribution in [2.75, 3.05) is 6.54 Å². The maximum Gasteiger partial charge on any atom is 0.265 e. The predicted molar refractivity (Wildman–Crippen MR) is 128 cm³/mol. The lowest BCUT2D eigenvalue weighted by Gasteiger charge is -2.23. The highest BCUT2D eigenvalue weighted by Gasteiger charge is 2.41. The van der Waals surface area contributed by atoms with Gasteiger partial charge in [-0.1, -0.05) is 48.0 Å². The minimum Gasteiger partial charge on any atom is -0.289 e. The maximum atomic E-state index is 13.7. The second kappa shape index (κ2) is 7.59. The fourth-order valence-corrected chi connectivity index (χ4v) is 6.68. The van der Waals surface area contributed by atoms with Crippen LogP contribution in [0.25, 0.3) is 22.2 Å². The Morgan fingerprint density at radius 3 is 2.41 bits per heavy atom. The van der Waals surface area contributed by atoms with Gasteiger partial charge < -0.3 is 0 Å². The molecule has 170 valence electrons. The summed E-state index contributed by atoms with van der Waals surface area (Å²) in [6, 6.07) is 17.4. The molecule has 7 nitrogen and oxygen atoms in total. The Morgan fingerprint density at radius 2 is 1.65 bits per heavy atom. The number of sulfonamides is 1. The summed E-state index contributed by atoms with van der Waals surface area (Å²) in [5, 5.41) is 5.66. The molecule has 4 aromatic rings. The first-order valence-electron chi connectivity index (χ1n) is 10.9. The van der Waals surface area contributed by atoms with Crippen molar-refractivity contribution in [3.05, 3.63) is 82.9 Å². The topological polar surface area (TPSA) is 89.3 Å². The summed E-state index contributed by atoms with van der Waals surface area (Å²) in [4.78, 5) is 26.9. The Hall–Kier alpha value is -3.33. The van der Waals surface area contributed by atoms with Gasteiger partial charge in [-0.25, -0.2) is 8.42 Å². The number of carbonyl (C=O) groups is 2. The van der Waals surface area contributed by atoms with Crippen molar-refractivity contribution in [2.24, 2.45) is 0 Å². The zero-order valence-corrected chi connectivity index (χ0v) is 19.4. The molecule has 1 atom stereocenters. The fourth-order valence-electron chi connectivity index (χ4n) is 4.91. The summed E-state index contributed by atoms with van der Waals surface area (Å²) in [7, 11) is -3.90. The summed E-state index contributed by atoms with van der Waals surface area (Å²) in [6.07, 6.45) is 0.944. The Morgan fingerprint density at radius 1 is 0.941 bits per heavy atom. The molecule has 9 heteroatoms. The number of halogens is 1. The van der Waals surface area contributed by atoms with Crippen LogP contribution in [-0.2, 0) is 10.0 Å². The Bertz CT molecular complexity index is 1610. The number of nitrogens with zero attached hydrogens (tertiary/aromatic N) is 3. The minimum atomic E-state index is -3.90. The van der Waals surface area contributed by atoms with Crippen LogP contribution in [0.15, 0.2) is 71.6 Å². The summed E-state index contributed by atoms with van der Waals surface area (Å²) in [5.74, 6) is -0.552. The molecule has 1 aliphatic carbocycles. The van der Waals surface area contributed by atoms with Crippen molar-refractivity contribution in [3.8, 4) is 11.3 Å². The van der Waals surface area contributed by atoms with Crippen LogP contribution >= 0.6 is 11.6 Å². The first-order chi connectivity index (χ1) is 16.4. The molecule has 3 aromatic carbocycles. The molecule has 0 N–H and O–H groups in total. The lowest BCUT2D eigenvalue weighted by molar-refractivity contribution is 0.0822. The summed E-state index contributed by atoms with van der Waals surface area (Å²) < 4.78 is 29.2. The van der Waals surface area contributed by atoms with Crippen molar-refractivity contribution in [1.82, 2.24) is 14.1 Å². The predicted octanol–water partition coefficient (Wildman–Crippen LogP) is 4.39. The van der Waals surface area contributed by atoms with E-state index in [4.69, 9.17) is 11.6 Å². The molecule has 2 heterocycles. The third-order valence-electron chi connectivity index (χ3n) is 6.50. The van der Waals surface area contributed by atoms with Gasteiger partial charge in [0.1, 0.15) is 11.7 Å². The van der Waals surface area contributed by atoms with Gasteiger partial charge in [0, 0.05) is 33.6 Å². The zero-order valence-electron chi connectivity index (χ0n) is 17.8. The van der Waals surface area contributed by atoms with Crippen molar-refractivity contribution in [3.63, 3.8) is 0 Å². The van der Waals surface area contributed by atoms with E-state index in [-0.39, 0.29) is 17.2 Å². The molecule has 0 radical (unpaired) electrons. The highest BCUT2D eigenvalue weighted by molar-refractivity contribution is 7.89. The molecular formula is C25H18ClN3O4S. The van der Waals surface area contributed by atoms with E-state index in [1.54, 1.807) is 30.3 Å². The van der Waals surface area contributed by atoms with E-state index in [1.165, 1.54) is 33.3 Å². The second-order valence-electron chi connectivity index (χ2n) is 8.40. The van der Waals surface area contributed by atoms with Crippen LogP contribution in [0.4, 0.5) is 0 Å². The fraction of sp³-hybridized carbons (Fsp3) is 0.160. The van der Waals surface area contributed by atoms with Crippen LogP contribution in [-0.4, -0.2) is 46.8 Å². The number of aromatic nitrogens is 2. The molecular weight excluding hydrogens is 474 g/mol. The van der Waals surface area contributed by atoms with Crippen LogP contribution < -0.4 is 0 Å². The molecule has 0 amide bonds. The maximum absolute atomic E-state index is 13.7. The van der Waals surface area contributed by atoms with Crippen LogP contribution in [0.1, 0.15) is 33.6 Å². The van der Waals surface area contributed by atoms with Gasteiger partial charge >= 0.3 is 0 Å². The number of rotatable bonds is 3. The quantitative estimate of drug-likeness (QED) is 0.373. The largest absolute Gasteiger partial charge is 0.289 e. The summed E-state index contributed by atoms with van der Waals surface area (Å²) in [6.45, 7) is 0.236. The molecule has 1 unspecified atom stereocenters. The molecule has 2 aliphatic rings. The molecule has 1 fully saturated rings. The van der Waals surface area contributed by atoms with E-state index in [0.29, 0.717) is 51.2 Å². The van der Waals surface area contributed by atoms with E-state index in [1.807, 2.05) is 12.1 Å². The molecule has 1 aromatic heterocycles. The number of hydrogen-bond acceptors (Lipinski definition) is 5. The average molecular weight is 492 g/mol. The Balaban J connectivity index is 1.46. The molecule has 1 aliphatic heterocycles. The van der Waals surface area contributed by atoms with Gasteiger partial charge in [0.25, 0.3) is 5.91 Å². The molecule has 0 spiro atoms. The standard InChI is InChI=1S/C25H18ClN3O4S/c26-15-10-12-16(13-11-15)34(32,33)28-14-4-9-21(28)25(31)29-20-8-3-7-19-22(20)23(27-29)17-5-1-2-6-18(17)24(19)30/h1-3,5-8,10-13,21H,4,9,14H2. The third kappa shape index (κ3) is 2.99. The van der Waals surface area contributed by atoms with Crippen LogP contribution in [0.3, 0.4) is 0 Å². The molecule has 6 rings (SSSR count). The number of ketones is 1. The van der Waals surface area contributed by atoms with Gasteiger partial charge in [-0.15, -0.1) is 0 Å². The summed E-state index contributed by atoms with van der Waals surface area (Å²) >= 11 is 5.92. The van der Waals surface area contributed by atoms with Gasteiger partial charge in [-0.05, 0) is 43.2 Å². The lowest BCUT2D eigenvalue weighted by atomic mass is 9.87. The first-order valence-corrected chi connectivity index (χ1v) is 12.7. The van der Waals surface area contributed by atoms with Crippen LogP contribution in [0.2, 0.25) is 5.02 Å². The van der Waals surface area contributed by atoms with E-state index in [0.717, 1.165) is 0 Å². The number of hydrogen-bond donors (Lipinski definition) is 0. The zero-order chi connectivity index (χ0) is 23.6. The van der Waals surface area contributed by atoms with Crippen LogP contribution in [0, 0.1) is 0 Å². The van der Waals surface area contributed by atoms with Crippen LogP contribution in [0.5, 0.6) is 0 Å². The average Bonchev–Trinajstić information content (AvgIpc) is 3.49. The summed E-state index contributed by atoms with van der Waals surface area (Å²) in [5.41, 5.74) is 2.74. The van der Waals surface area contributed by atoms with Gasteiger partial charge in [-0.3, -0.25) is 9.59 Å². The van der Waals surface area contributed by atoms with Gasteiger partial charge in [0.05, 0.1) is 10.4 Å². The van der Waals surface area contributed by atoms with E-state index in [9.17, 15) is 18.0 Å². The smallest absolute Gasteiger partial charge is 0.265 e. The van der Waals surface area contributed by atoms with Gasteiger partial charge in [0.15, 0.2) is 5.78 Å².